The van der Waals surface area contributed by atoms with Gasteiger partial charge in [-0.25, -0.2) is 4.98 Å². The molecule has 0 N–H and O–H groups in total. The molecule has 0 aliphatic heterocycles. The SMILES string of the molecule is CN(CC1CCCCC1)C(=O)c1ncccc1Br. The molecule has 1 heterocycles. The highest BCUT2D eigenvalue weighted by molar-refractivity contribution is 9.10. The first kappa shape index (κ1) is 13.5. The van der Waals surface area contributed by atoms with Crippen molar-refractivity contribution in [3.8, 4) is 0 Å². The van der Waals surface area contributed by atoms with Gasteiger partial charge in [0.1, 0.15) is 5.69 Å². The predicted octanol–water partition coefficient (Wildman–Crippen LogP) is 3.50. The predicted molar refractivity (Wildman–Crippen MR) is 75.5 cm³/mol. The molecule has 0 bridgehead atoms. The fourth-order valence-electron chi connectivity index (χ4n) is 2.56. The molecule has 98 valence electrons. The van der Waals surface area contributed by atoms with Crippen molar-refractivity contribution in [3.05, 3.63) is 28.5 Å². The smallest absolute Gasteiger partial charge is 0.273 e. The second-order valence-corrected chi connectivity index (χ2v) is 5.88. The summed E-state index contributed by atoms with van der Waals surface area (Å²) in [5.41, 5.74) is 0.510. The molecule has 1 aliphatic carbocycles. The monoisotopic (exact) mass is 310 g/mol. The van der Waals surface area contributed by atoms with Crippen LogP contribution in [-0.2, 0) is 0 Å². The Hall–Kier alpha value is -0.900. The van der Waals surface area contributed by atoms with Crippen molar-refractivity contribution in [2.24, 2.45) is 5.92 Å². The minimum Gasteiger partial charge on any atom is -0.340 e. The lowest BCUT2D eigenvalue weighted by atomic mass is 9.89. The minimum atomic E-state index is 0.00745. The van der Waals surface area contributed by atoms with Crippen molar-refractivity contribution in [1.29, 1.82) is 0 Å². The Morgan fingerprint density at radius 2 is 2.17 bits per heavy atom. The number of carbonyl (C=O) groups excluding carboxylic acids is 1. The fourth-order valence-corrected chi connectivity index (χ4v) is 2.99. The Balaban J connectivity index is 1.98. The zero-order valence-corrected chi connectivity index (χ0v) is 12.3. The standard InChI is InChI=1S/C14H19BrN2O/c1-17(10-11-6-3-2-4-7-11)14(18)13-12(15)8-5-9-16-13/h5,8-9,11H,2-4,6-7,10H2,1H3. The van der Waals surface area contributed by atoms with E-state index in [1.165, 1.54) is 32.1 Å². The van der Waals surface area contributed by atoms with Crippen LogP contribution in [0.1, 0.15) is 42.6 Å². The molecule has 4 heteroatoms. The molecule has 1 aliphatic rings. The van der Waals surface area contributed by atoms with E-state index in [4.69, 9.17) is 0 Å². The van der Waals surface area contributed by atoms with Crippen molar-refractivity contribution in [2.75, 3.05) is 13.6 Å². The molecule has 0 aromatic carbocycles. The quantitative estimate of drug-likeness (QED) is 0.856. The second-order valence-electron chi connectivity index (χ2n) is 5.02. The summed E-state index contributed by atoms with van der Waals surface area (Å²) in [4.78, 5) is 18.2. The molecule has 1 saturated carbocycles. The van der Waals surface area contributed by atoms with Crippen LogP contribution in [0.15, 0.2) is 22.8 Å². The Morgan fingerprint density at radius 1 is 1.44 bits per heavy atom. The Labute approximate surface area is 117 Å². The van der Waals surface area contributed by atoms with Gasteiger partial charge < -0.3 is 4.90 Å². The van der Waals surface area contributed by atoms with E-state index < -0.39 is 0 Å². The molecule has 0 spiro atoms. The van der Waals surface area contributed by atoms with Crippen LogP contribution < -0.4 is 0 Å². The molecule has 2 rings (SSSR count). The molecule has 18 heavy (non-hydrogen) atoms. The molecule has 0 atom stereocenters. The van der Waals surface area contributed by atoms with Gasteiger partial charge in [-0.1, -0.05) is 19.3 Å². The van der Waals surface area contributed by atoms with E-state index in [0.717, 1.165) is 11.0 Å². The highest BCUT2D eigenvalue weighted by atomic mass is 79.9. The second kappa shape index (κ2) is 6.32. The summed E-state index contributed by atoms with van der Waals surface area (Å²) in [6, 6.07) is 3.68. The number of hydrogen-bond donors (Lipinski definition) is 0. The van der Waals surface area contributed by atoms with Crippen molar-refractivity contribution < 1.29 is 4.79 Å². The summed E-state index contributed by atoms with van der Waals surface area (Å²) in [7, 11) is 1.87. The summed E-state index contributed by atoms with van der Waals surface area (Å²) in [6.07, 6.45) is 8.12. The number of amides is 1. The van der Waals surface area contributed by atoms with Crippen LogP contribution in [0.4, 0.5) is 0 Å². The minimum absolute atomic E-state index is 0.00745. The van der Waals surface area contributed by atoms with E-state index in [9.17, 15) is 4.79 Å². The largest absolute Gasteiger partial charge is 0.340 e. The van der Waals surface area contributed by atoms with E-state index >= 15 is 0 Å². The lowest BCUT2D eigenvalue weighted by molar-refractivity contribution is 0.0754. The van der Waals surface area contributed by atoms with E-state index in [1.807, 2.05) is 24.1 Å². The third-order valence-electron chi connectivity index (χ3n) is 3.56. The van der Waals surface area contributed by atoms with Gasteiger partial charge in [-0.05, 0) is 46.8 Å². The van der Waals surface area contributed by atoms with Crippen LogP contribution in [0.25, 0.3) is 0 Å². The molecule has 3 nitrogen and oxygen atoms in total. The van der Waals surface area contributed by atoms with Crippen LogP contribution >= 0.6 is 15.9 Å². The van der Waals surface area contributed by atoms with Gasteiger partial charge in [0.25, 0.3) is 5.91 Å². The van der Waals surface area contributed by atoms with Gasteiger partial charge in [0.05, 0.1) is 0 Å². The zero-order valence-electron chi connectivity index (χ0n) is 10.7. The third kappa shape index (κ3) is 3.31. The molecule has 1 aromatic rings. The lowest BCUT2D eigenvalue weighted by Gasteiger charge is -2.27. The number of halogens is 1. The molecular weight excluding hydrogens is 292 g/mol. The maximum atomic E-state index is 12.3. The summed E-state index contributed by atoms with van der Waals surface area (Å²) >= 11 is 3.38. The third-order valence-corrected chi connectivity index (χ3v) is 4.20. The normalized spacial score (nSPS) is 16.6. The van der Waals surface area contributed by atoms with Crippen molar-refractivity contribution >= 4 is 21.8 Å². The number of nitrogens with zero attached hydrogens (tertiary/aromatic N) is 2. The molecule has 0 saturated heterocycles. The van der Waals surface area contributed by atoms with Crippen molar-refractivity contribution in [1.82, 2.24) is 9.88 Å². The summed E-state index contributed by atoms with van der Waals surface area (Å²) < 4.78 is 0.769. The molecular formula is C14H19BrN2O. The lowest BCUT2D eigenvalue weighted by Crippen LogP contribution is -2.33. The Bertz CT molecular complexity index is 416. The van der Waals surface area contributed by atoms with E-state index in [0.29, 0.717) is 11.6 Å². The molecule has 1 aromatic heterocycles. The van der Waals surface area contributed by atoms with E-state index in [2.05, 4.69) is 20.9 Å². The van der Waals surface area contributed by atoms with Gasteiger partial charge in [-0.2, -0.15) is 0 Å². The summed E-state index contributed by atoms with van der Waals surface area (Å²) in [6.45, 7) is 0.849. The van der Waals surface area contributed by atoms with Crippen LogP contribution in [0.3, 0.4) is 0 Å². The highest BCUT2D eigenvalue weighted by Gasteiger charge is 2.21. The van der Waals surface area contributed by atoms with Gasteiger partial charge in [0.15, 0.2) is 0 Å². The number of rotatable bonds is 3. The summed E-state index contributed by atoms with van der Waals surface area (Å²) in [5, 5.41) is 0. The van der Waals surface area contributed by atoms with Crippen LogP contribution in [0, 0.1) is 5.92 Å². The van der Waals surface area contributed by atoms with Crippen LogP contribution in [-0.4, -0.2) is 29.4 Å². The van der Waals surface area contributed by atoms with Crippen molar-refractivity contribution in [3.63, 3.8) is 0 Å². The first-order valence-corrected chi connectivity index (χ1v) is 7.34. The highest BCUT2D eigenvalue weighted by Crippen LogP contribution is 2.25. The molecule has 1 fully saturated rings. The summed E-state index contributed by atoms with van der Waals surface area (Å²) in [5.74, 6) is 0.670. The maximum Gasteiger partial charge on any atom is 0.273 e. The first-order valence-electron chi connectivity index (χ1n) is 6.54. The first-order chi connectivity index (χ1) is 8.68. The van der Waals surface area contributed by atoms with Gasteiger partial charge in [-0.3, -0.25) is 4.79 Å². The van der Waals surface area contributed by atoms with Gasteiger partial charge in [0.2, 0.25) is 0 Å². The van der Waals surface area contributed by atoms with E-state index in [-0.39, 0.29) is 5.91 Å². The average Bonchev–Trinajstić information content (AvgIpc) is 2.39. The molecule has 0 unspecified atom stereocenters. The Morgan fingerprint density at radius 3 is 2.83 bits per heavy atom. The zero-order chi connectivity index (χ0) is 13.0. The van der Waals surface area contributed by atoms with Gasteiger partial charge >= 0.3 is 0 Å². The topological polar surface area (TPSA) is 33.2 Å². The molecule has 0 radical (unpaired) electrons. The number of aromatic nitrogens is 1. The van der Waals surface area contributed by atoms with E-state index in [1.54, 1.807) is 6.20 Å². The van der Waals surface area contributed by atoms with Gasteiger partial charge in [-0.15, -0.1) is 0 Å². The van der Waals surface area contributed by atoms with Gasteiger partial charge in [0, 0.05) is 24.3 Å². The number of pyridine rings is 1. The number of hydrogen-bond acceptors (Lipinski definition) is 2. The average molecular weight is 311 g/mol. The van der Waals surface area contributed by atoms with Crippen molar-refractivity contribution in [2.45, 2.75) is 32.1 Å². The van der Waals surface area contributed by atoms with Crippen LogP contribution in [0.5, 0.6) is 0 Å². The fraction of sp³-hybridized carbons (Fsp3) is 0.571. The molecule has 1 amide bonds. The maximum absolute atomic E-state index is 12.3. The number of carbonyl (C=O) groups is 1. The Kier molecular flexibility index (Phi) is 4.75. The van der Waals surface area contributed by atoms with Crippen LogP contribution in [0.2, 0.25) is 0 Å².